The minimum Gasteiger partial charge on any atom is -0.309 e. The summed E-state index contributed by atoms with van der Waals surface area (Å²) in [7, 11) is 0. The van der Waals surface area contributed by atoms with Crippen LogP contribution < -0.4 is 0 Å². The number of benzene rings is 9. The monoisotopic (exact) mass is 790 g/mol. The summed E-state index contributed by atoms with van der Waals surface area (Å²) in [5.41, 5.74) is 17.0. The van der Waals surface area contributed by atoms with E-state index in [0.717, 1.165) is 61.0 Å². The van der Waals surface area contributed by atoms with Gasteiger partial charge in [-0.3, -0.25) is 4.57 Å². The van der Waals surface area contributed by atoms with Gasteiger partial charge < -0.3 is 4.57 Å². The van der Waals surface area contributed by atoms with Crippen LogP contribution in [0.1, 0.15) is 0 Å². The average molecular weight is 791 g/mol. The van der Waals surface area contributed by atoms with Crippen LogP contribution in [-0.4, -0.2) is 19.1 Å². The summed E-state index contributed by atoms with van der Waals surface area (Å²) < 4.78 is 4.60. The second-order valence-corrected chi connectivity index (χ2v) is 15.8. The van der Waals surface area contributed by atoms with Gasteiger partial charge in [0.25, 0.3) is 0 Å². The van der Waals surface area contributed by atoms with Gasteiger partial charge in [0, 0.05) is 39.0 Å². The van der Waals surface area contributed by atoms with Crippen molar-refractivity contribution in [3.05, 3.63) is 231 Å². The van der Waals surface area contributed by atoms with Crippen LogP contribution in [0.4, 0.5) is 0 Å². The fourth-order valence-corrected chi connectivity index (χ4v) is 9.19. The first-order valence-electron chi connectivity index (χ1n) is 21.1. The van der Waals surface area contributed by atoms with Gasteiger partial charge in [-0.15, -0.1) is 0 Å². The Morgan fingerprint density at radius 3 is 1.45 bits per heavy atom. The van der Waals surface area contributed by atoms with Crippen LogP contribution in [0.5, 0.6) is 0 Å². The minimum atomic E-state index is 0.642. The van der Waals surface area contributed by atoms with Crippen molar-refractivity contribution in [1.82, 2.24) is 19.1 Å². The highest BCUT2D eigenvalue weighted by molar-refractivity contribution is 6.12. The number of para-hydroxylation sites is 2. The number of hydrogen-bond acceptors (Lipinski definition) is 2. The minimum absolute atomic E-state index is 0.642. The predicted molar refractivity (Wildman–Crippen MR) is 258 cm³/mol. The molecule has 0 saturated heterocycles. The highest BCUT2D eigenvalue weighted by Gasteiger charge is 2.18. The van der Waals surface area contributed by atoms with Crippen molar-refractivity contribution < 1.29 is 0 Å². The first kappa shape index (κ1) is 35.6. The highest BCUT2D eigenvalue weighted by Crippen LogP contribution is 2.38. The Morgan fingerprint density at radius 2 is 0.742 bits per heavy atom. The lowest BCUT2D eigenvalue weighted by atomic mass is 9.98. The zero-order valence-electron chi connectivity index (χ0n) is 33.7. The van der Waals surface area contributed by atoms with E-state index in [4.69, 9.17) is 9.97 Å². The van der Waals surface area contributed by atoms with Crippen LogP contribution in [0.3, 0.4) is 0 Å². The molecule has 3 aromatic heterocycles. The van der Waals surface area contributed by atoms with Crippen molar-refractivity contribution in [2.45, 2.75) is 0 Å². The molecule has 12 rings (SSSR count). The van der Waals surface area contributed by atoms with E-state index in [9.17, 15) is 0 Å². The predicted octanol–water partition coefficient (Wildman–Crippen LogP) is 15.0. The lowest BCUT2D eigenvalue weighted by Crippen LogP contribution is -2.01. The van der Waals surface area contributed by atoms with Crippen molar-refractivity contribution in [3.63, 3.8) is 0 Å². The largest absolute Gasteiger partial charge is 0.309 e. The van der Waals surface area contributed by atoms with Crippen molar-refractivity contribution in [3.8, 4) is 67.4 Å². The van der Waals surface area contributed by atoms with E-state index in [-0.39, 0.29) is 0 Å². The third-order valence-corrected chi connectivity index (χ3v) is 12.2. The molecule has 0 aliphatic carbocycles. The molecule has 62 heavy (non-hydrogen) atoms. The molecule has 0 bridgehead atoms. The number of fused-ring (bicyclic) bond motifs is 6. The molecule has 0 unspecified atom stereocenters. The van der Waals surface area contributed by atoms with Gasteiger partial charge in [-0.05, 0) is 99.1 Å². The van der Waals surface area contributed by atoms with E-state index in [1.165, 1.54) is 44.1 Å². The Hall–Kier alpha value is -8.34. The van der Waals surface area contributed by atoms with Crippen molar-refractivity contribution >= 4 is 43.6 Å². The van der Waals surface area contributed by atoms with Gasteiger partial charge in [-0.2, -0.15) is 0 Å². The molecule has 0 aliphatic heterocycles. The second kappa shape index (κ2) is 14.7. The molecule has 0 saturated carbocycles. The number of rotatable bonds is 7. The molecule has 0 atom stereocenters. The van der Waals surface area contributed by atoms with E-state index >= 15 is 0 Å². The summed E-state index contributed by atoms with van der Waals surface area (Å²) in [6.45, 7) is 0. The van der Waals surface area contributed by atoms with Gasteiger partial charge in [0.15, 0.2) is 0 Å². The molecule has 3 heterocycles. The Labute approximate surface area is 359 Å². The number of aromatic nitrogens is 4. The highest BCUT2D eigenvalue weighted by atomic mass is 15.2. The van der Waals surface area contributed by atoms with Crippen molar-refractivity contribution in [2.75, 3.05) is 0 Å². The maximum atomic E-state index is 5.22. The summed E-state index contributed by atoms with van der Waals surface area (Å²) in [6, 6.07) is 80.3. The van der Waals surface area contributed by atoms with E-state index in [1.54, 1.807) is 0 Å². The van der Waals surface area contributed by atoms with Crippen molar-refractivity contribution in [1.29, 1.82) is 0 Å². The maximum Gasteiger partial charge on any atom is 0.235 e. The zero-order chi connectivity index (χ0) is 41.0. The lowest BCUT2D eigenvalue weighted by Gasteiger charge is -2.11. The van der Waals surface area contributed by atoms with Gasteiger partial charge in [-0.1, -0.05) is 170 Å². The Morgan fingerprint density at radius 1 is 0.274 bits per heavy atom. The van der Waals surface area contributed by atoms with Crippen LogP contribution in [0.25, 0.3) is 111 Å². The first-order valence-corrected chi connectivity index (χ1v) is 21.1. The molecule has 9 aromatic carbocycles. The van der Waals surface area contributed by atoms with Gasteiger partial charge in [0.05, 0.1) is 27.8 Å². The molecule has 12 aromatic rings. The molecular formula is C58H38N4. The maximum absolute atomic E-state index is 5.22. The van der Waals surface area contributed by atoms with E-state index in [2.05, 4.69) is 228 Å². The van der Waals surface area contributed by atoms with Crippen LogP contribution in [0.15, 0.2) is 231 Å². The molecule has 4 heteroatoms. The standard InChI is InChI=1S/C58H38N4/c1-3-12-39(13-4-1)41-22-24-43(25-23-41)44-16-11-17-47(36-44)53-34-35-59-58(60-53)62-55-21-10-8-19-50(55)52-37-45(29-33-56(52)62)46-28-32-51-49-18-7-9-20-54(49)61(57(51)38-46)48-30-26-42(27-31-48)40-14-5-2-6-15-40/h1-38H. The molecule has 0 N–H and O–H groups in total. The molecule has 4 nitrogen and oxygen atoms in total. The van der Waals surface area contributed by atoms with E-state index in [0.29, 0.717) is 5.95 Å². The van der Waals surface area contributed by atoms with Gasteiger partial charge >= 0.3 is 0 Å². The topological polar surface area (TPSA) is 35.6 Å². The third kappa shape index (κ3) is 6.08. The van der Waals surface area contributed by atoms with Crippen LogP contribution in [0.2, 0.25) is 0 Å². The summed E-state index contributed by atoms with van der Waals surface area (Å²) in [4.78, 5) is 10.1. The zero-order valence-corrected chi connectivity index (χ0v) is 33.7. The Bertz CT molecular complexity index is 3600. The molecule has 0 fully saturated rings. The van der Waals surface area contributed by atoms with Crippen LogP contribution in [0, 0.1) is 0 Å². The molecule has 0 amide bonds. The lowest BCUT2D eigenvalue weighted by molar-refractivity contribution is 0.992. The van der Waals surface area contributed by atoms with Crippen molar-refractivity contribution in [2.24, 2.45) is 0 Å². The van der Waals surface area contributed by atoms with Crippen LogP contribution >= 0.6 is 0 Å². The normalized spacial score (nSPS) is 11.5. The van der Waals surface area contributed by atoms with Gasteiger partial charge in [0.2, 0.25) is 5.95 Å². The third-order valence-electron chi connectivity index (χ3n) is 12.2. The fourth-order valence-electron chi connectivity index (χ4n) is 9.19. The summed E-state index contributed by atoms with van der Waals surface area (Å²) in [6.07, 6.45) is 1.87. The molecule has 0 aliphatic rings. The van der Waals surface area contributed by atoms with Gasteiger partial charge in [0.1, 0.15) is 0 Å². The summed E-state index contributed by atoms with van der Waals surface area (Å²) in [5.74, 6) is 0.642. The second-order valence-electron chi connectivity index (χ2n) is 15.8. The summed E-state index contributed by atoms with van der Waals surface area (Å²) >= 11 is 0. The van der Waals surface area contributed by atoms with E-state index in [1.807, 2.05) is 12.3 Å². The fraction of sp³-hybridized carbons (Fsp3) is 0. The Kier molecular flexibility index (Phi) is 8.46. The number of nitrogens with zero attached hydrogens (tertiary/aromatic N) is 4. The van der Waals surface area contributed by atoms with Crippen LogP contribution in [-0.2, 0) is 0 Å². The number of hydrogen-bond donors (Lipinski definition) is 0. The smallest absolute Gasteiger partial charge is 0.235 e. The molecular weight excluding hydrogens is 753 g/mol. The average Bonchev–Trinajstić information content (AvgIpc) is 3.87. The summed E-state index contributed by atoms with van der Waals surface area (Å²) in [5, 5.41) is 4.79. The quantitative estimate of drug-likeness (QED) is 0.161. The van der Waals surface area contributed by atoms with E-state index < -0.39 is 0 Å². The Balaban J connectivity index is 0.924. The SMILES string of the molecule is c1ccc(-c2ccc(-c3cccc(-c4ccnc(-n5c6ccccc6c6cc(-c7ccc8c9ccccc9n(-c9ccc(-c%10ccccc%10)cc9)c8c7)ccc65)n4)c3)cc2)cc1. The van der Waals surface area contributed by atoms with Gasteiger partial charge in [-0.25, -0.2) is 9.97 Å². The molecule has 0 radical (unpaired) electrons. The molecule has 290 valence electrons. The first-order chi connectivity index (χ1) is 30.7. The molecule has 0 spiro atoms.